The van der Waals surface area contributed by atoms with Crippen LogP contribution < -0.4 is 14.2 Å². The second-order valence-corrected chi connectivity index (χ2v) is 7.59. The highest BCUT2D eigenvalue weighted by Crippen LogP contribution is 2.39. The van der Waals surface area contributed by atoms with Gasteiger partial charge in [-0.05, 0) is 66.4 Å². The van der Waals surface area contributed by atoms with Gasteiger partial charge in [0.05, 0.1) is 39.6 Å². The Morgan fingerprint density at radius 2 is 1.58 bits per heavy atom. The van der Waals surface area contributed by atoms with E-state index in [2.05, 4.69) is 17.1 Å². The van der Waals surface area contributed by atoms with Crippen LogP contribution in [0.5, 0.6) is 17.2 Å². The standard InChI is InChI=1S/C26H25NO6/c1-14-9-17(10-15(2)24(14)31-5)16-7-8-20-21(11-16)33-25(27-20)23-19(26(28)32-6)12-18(29-3)13-22(23)30-4/h7-13H,1-6H3. The Morgan fingerprint density at radius 3 is 2.18 bits per heavy atom. The molecule has 0 spiro atoms. The predicted octanol–water partition coefficient (Wildman–Crippen LogP) is 5.59. The Kier molecular flexibility index (Phi) is 5.96. The van der Waals surface area contributed by atoms with Crippen molar-refractivity contribution >= 4 is 17.1 Å². The molecule has 33 heavy (non-hydrogen) atoms. The number of oxazole rings is 1. The second-order valence-electron chi connectivity index (χ2n) is 7.59. The van der Waals surface area contributed by atoms with E-state index in [9.17, 15) is 4.79 Å². The zero-order chi connectivity index (χ0) is 23.7. The molecule has 3 aromatic carbocycles. The Balaban J connectivity index is 1.86. The highest BCUT2D eigenvalue weighted by molar-refractivity contribution is 5.99. The number of fused-ring (bicyclic) bond motifs is 1. The summed E-state index contributed by atoms with van der Waals surface area (Å²) >= 11 is 0. The highest BCUT2D eigenvalue weighted by Gasteiger charge is 2.24. The number of nitrogens with zero attached hydrogens (tertiary/aromatic N) is 1. The summed E-state index contributed by atoms with van der Waals surface area (Å²) < 4.78 is 27.4. The molecule has 7 heteroatoms. The summed E-state index contributed by atoms with van der Waals surface area (Å²) in [4.78, 5) is 17.1. The van der Waals surface area contributed by atoms with Crippen molar-refractivity contribution in [2.24, 2.45) is 0 Å². The molecule has 1 aromatic heterocycles. The van der Waals surface area contributed by atoms with Crippen LogP contribution in [-0.2, 0) is 4.74 Å². The molecule has 0 fully saturated rings. The van der Waals surface area contributed by atoms with Crippen molar-refractivity contribution in [2.75, 3.05) is 28.4 Å². The van der Waals surface area contributed by atoms with Gasteiger partial charge in [0.15, 0.2) is 5.58 Å². The predicted molar refractivity (Wildman–Crippen MR) is 125 cm³/mol. The number of methoxy groups -OCH3 is 4. The minimum atomic E-state index is -0.547. The van der Waals surface area contributed by atoms with Crippen LogP contribution in [0.1, 0.15) is 21.5 Å². The maximum atomic E-state index is 12.5. The van der Waals surface area contributed by atoms with Crippen LogP contribution in [0.25, 0.3) is 33.7 Å². The SMILES string of the molecule is COC(=O)c1cc(OC)cc(OC)c1-c1nc2ccc(-c3cc(C)c(OC)c(C)c3)cc2o1. The number of carbonyl (C=O) groups excluding carboxylic acids is 1. The van der Waals surface area contributed by atoms with Crippen LogP contribution in [0.3, 0.4) is 0 Å². The lowest BCUT2D eigenvalue weighted by molar-refractivity contribution is 0.0600. The van der Waals surface area contributed by atoms with E-state index in [1.54, 1.807) is 19.2 Å². The third-order valence-corrected chi connectivity index (χ3v) is 5.54. The number of benzene rings is 3. The summed E-state index contributed by atoms with van der Waals surface area (Å²) in [6.07, 6.45) is 0. The van der Waals surface area contributed by atoms with Gasteiger partial charge >= 0.3 is 5.97 Å². The molecule has 0 bridgehead atoms. The first kappa shape index (κ1) is 22.2. The zero-order valence-corrected chi connectivity index (χ0v) is 19.4. The van der Waals surface area contributed by atoms with E-state index in [0.29, 0.717) is 28.2 Å². The van der Waals surface area contributed by atoms with Crippen molar-refractivity contribution in [1.29, 1.82) is 0 Å². The van der Waals surface area contributed by atoms with Gasteiger partial charge in [0, 0.05) is 6.07 Å². The number of rotatable bonds is 6. The first-order valence-corrected chi connectivity index (χ1v) is 10.3. The van der Waals surface area contributed by atoms with Gasteiger partial charge in [-0.15, -0.1) is 0 Å². The van der Waals surface area contributed by atoms with Gasteiger partial charge in [-0.3, -0.25) is 0 Å². The third kappa shape index (κ3) is 3.98. The number of aryl methyl sites for hydroxylation is 2. The van der Waals surface area contributed by atoms with Crippen molar-refractivity contribution in [1.82, 2.24) is 4.98 Å². The van der Waals surface area contributed by atoms with E-state index in [0.717, 1.165) is 28.0 Å². The summed E-state index contributed by atoms with van der Waals surface area (Å²) in [7, 11) is 6.01. The average Bonchev–Trinajstić information content (AvgIpc) is 3.25. The smallest absolute Gasteiger partial charge is 0.338 e. The molecule has 0 atom stereocenters. The topological polar surface area (TPSA) is 80.0 Å². The Morgan fingerprint density at radius 1 is 0.848 bits per heavy atom. The quantitative estimate of drug-likeness (QED) is 0.356. The van der Waals surface area contributed by atoms with Crippen molar-refractivity contribution in [2.45, 2.75) is 13.8 Å². The molecule has 0 N–H and O–H groups in total. The number of esters is 1. The van der Waals surface area contributed by atoms with E-state index >= 15 is 0 Å². The van der Waals surface area contributed by atoms with E-state index in [4.69, 9.17) is 23.4 Å². The van der Waals surface area contributed by atoms with E-state index < -0.39 is 5.97 Å². The van der Waals surface area contributed by atoms with Crippen LogP contribution in [0.2, 0.25) is 0 Å². The van der Waals surface area contributed by atoms with Crippen molar-refractivity contribution in [3.05, 3.63) is 59.2 Å². The largest absolute Gasteiger partial charge is 0.497 e. The van der Waals surface area contributed by atoms with Crippen molar-refractivity contribution in [3.8, 4) is 39.8 Å². The van der Waals surface area contributed by atoms with Gasteiger partial charge in [-0.25, -0.2) is 9.78 Å². The van der Waals surface area contributed by atoms with E-state index in [1.807, 2.05) is 32.0 Å². The molecule has 0 unspecified atom stereocenters. The van der Waals surface area contributed by atoms with Crippen molar-refractivity contribution < 1.29 is 28.2 Å². The fourth-order valence-electron chi connectivity index (χ4n) is 4.01. The Labute approximate surface area is 191 Å². The van der Waals surface area contributed by atoms with Crippen LogP contribution in [0, 0.1) is 13.8 Å². The molecule has 0 amide bonds. The van der Waals surface area contributed by atoms with E-state index in [-0.39, 0.29) is 11.5 Å². The molecule has 4 rings (SSSR count). The summed E-state index contributed by atoms with van der Waals surface area (Å²) in [6.45, 7) is 4.04. The number of ether oxygens (including phenoxy) is 4. The lowest BCUT2D eigenvalue weighted by atomic mass is 9.99. The molecule has 170 valence electrons. The molecule has 0 aliphatic heterocycles. The molecule has 0 aliphatic carbocycles. The summed E-state index contributed by atoms with van der Waals surface area (Å²) in [6, 6.07) is 13.2. The lowest BCUT2D eigenvalue weighted by Gasteiger charge is -2.12. The van der Waals surface area contributed by atoms with Crippen LogP contribution in [0.15, 0.2) is 46.9 Å². The van der Waals surface area contributed by atoms with Gasteiger partial charge in [-0.2, -0.15) is 0 Å². The number of hydrogen-bond donors (Lipinski definition) is 0. The molecule has 0 saturated heterocycles. The molecular formula is C26H25NO6. The third-order valence-electron chi connectivity index (χ3n) is 5.54. The van der Waals surface area contributed by atoms with Gasteiger partial charge in [0.1, 0.15) is 22.8 Å². The van der Waals surface area contributed by atoms with Gasteiger partial charge in [0.25, 0.3) is 0 Å². The molecule has 1 heterocycles. The second kappa shape index (κ2) is 8.86. The van der Waals surface area contributed by atoms with Gasteiger partial charge < -0.3 is 23.4 Å². The Hall–Kier alpha value is -4.00. The lowest BCUT2D eigenvalue weighted by Crippen LogP contribution is -2.06. The minimum Gasteiger partial charge on any atom is -0.497 e. The summed E-state index contributed by atoms with van der Waals surface area (Å²) in [5.41, 5.74) is 6.01. The average molecular weight is 447 g/mol. The van der Waals surface area contributed by atoms with Crippen LogP contribution in [0.4, 0.5) is 0 Å². The molecule has 0 radical (unpaired) electrons. The van der Waals surface area contributed by atoms with E-state index in [1.165, 1.54) is 21.3 Å². The minimum absolute atomic E-state index is 0.238. The first-order chi connectivity index (χ1) is 15.9. The number of carbonyl (C=O) groups is 1. The first-order valence-electron chi connectivity index (χ1n) is 10.3. The van der Waals surface area contributed by atoms with Gasteiger partial charge in [-0.1, -0.05) is 6.07 Å². The summed E-state index contributed by atoms with van der Waals surface area (Å²) in [5, 5.41) is 0. The number of hydrogen-bond acceptors (Lipinski definition) is 7. The maximum Gasteiger partial charge on any atom is 0.338 e. The molecule has 0 aliphatic rings. The molecule has 4 aromatic rings. The number of aromatic nitrogens is 1. The van der Waals surface area contributed by atoms with Crippen LogP contribution >= 0.6 is 0 Å². The highest BCUT2D eigenvalue weighted by atomic mass is 16.5. The van der Waals surface area contributed by atoms with Crippen molar-refractivity contribution in [3.63, 3.8) is 0 Å². The fraction of sp³-hybridized carbons (Fsp3) is 0.231. The summed E-state index contributed by atoms with van der Waals surface area (Å²) in [5.74, 6) is 1.43. The molecule has 0 saturated carbocycles. The maximum absolute atomic E-state index is 12.5. The molecule has 7 nitrogen and oxygen atoms in total. The van der Waals surface area contributed by atoms with Crippen LogP contribution in [-0.4, -0.2) is 39.4 Å². The fourth-order valence-corrected chi connectivity index (χ4v) is 4.01. The monoisotopic (exact) mass is 447 g/mol. The zero-order valence-electron chi connectivity index (χ0n) is 19.4. The normalized spacial score (nSPS) is 10.8. The Bertz CT molecular complexity index is 1330. The molecular weight excluding hydrogens is 422 g/mol. The van der Waals surface area contributed by atoms with Gasteiger partial charge in [0.2, 0.25) is 5.89 Å².